The fourth-order valence-electron chi connectivity index (χ4n) is 2.20. The van der Waals surface area contributed by atoms with Gasteiger partial charge in [0.05, 0.1) is 12.2 Å². The van der Waals surface area contributed by atoms with E-state index in [1.54, 1.807) is 11.9 Å². The minimum atomic E-state index is -2.77. The molecule has 0 aromatic carbocycles. The number of halogens is 2. The Morgan fingerprint density at radius 2 is 1.94 bits per heavy atom. The van der Waals surface area contributed by atoms with Crippen LogP contribution in [0.3, 0.4) is 0 Å². The maximum atomic E-state index is 13.5. The molecule has 100 valence electrons. The van der Waals surface area contributed by atoms with Crippen molar-refractivity contribution in [1.82, 2.24) is 4.90 Å². The number of hydrogen-bond acceptors (Lipinski definition) is 2. The summed E-state index contributed by atoms with van der Waals surface area (Å²) in [5.74, 6) is -1.68. The van der Waals surface area contributed by atoms with E-state index in [0.717, 1.165) is 17.9 Å². The van der Waals surface area contributed by atoms with Gasteiger partial charge < -0.3 is 9.64 Å². The van der Waals surface area contributed by atoms with Gasteiger partial charge in [0.2, 0.25) is 0 Å². The molecule has 0 aromatic rings. The van der Waals surface area contributed by atoms with E-state index in [4.69, 9.17) is 4.74 Å². The van der Waals surface area contributed by atoms with E-state index in [2.05, 4.69) is 13.8 Å². The molecule has 4 heteroatoms. The van der Waals surface area contributed by atoms with Crippen LogP contribution in [0.15, 0.2) is 11.5 Å². The summed E-state index contributed by atoms with van der Waals surface area (Å²) >= 11 is 0. The van der Waals surface area contributed by atoms with E-state index in [1.807, 2.05) is 13.8 Å². The summed E-state index contributed by atoms with van der Waals surface area (Å²) in [5.41, 5.74) is 0.930. The molecule has 0 saturated heterocycles. The average Bonchev–Trinajstić information content (AvgIpc) is 2.32. The van der Waals surface area contributed by atoms with Gasteiger partial charge >= 0.3 is 0 Å². The van der Waals surface area contributed by atoms with Crippen LogP contribution in [0.5, 0.6) is 0 Å². The van der Waals surface area contributed by atoms with Crippen molar-refractivity contribution in [2.75, 3.05) is 20.2 Å². The molecule has 1 heterocycles. The summed E-state index contributed by atoms with van der Waals surface area (Å²) in [5, 5.41) is 0. The molecule has 0 fully saturated rings. The molecule has 17 heavy (non-hydrogen) atoms. The summed E-state index contributed by atoms with van der Waals surface area (Å²) in [6, 6.07) is 0. The van der Waals surface area contributed by atoms with Crippen LogP contribution in [0.4, 0.5) is 8.78 Å². The molecule has 0 aliphatic carbocycles. The minimum absolute atomic E-state index is 0.135. The normalized spacial score (nSPS) is 22.5. The Morgan fingerprint density at radius 3 is 2.41 bits per heavy atom. The Balaban J connectivity index is 3.10. The molecule has 0 N–H and O–H groups in total. The third-order valence-electron chi connectivity index (χ3n) is 3.17. The lowest BCUT2D eigenvalue weighted by molar-refractivity contribution is -0.0649. The molecule has 0 aromatic heterocycles. The first-order valence-corrected chi connectivity index (χ1v) is 6.24. The summed E-state index contributed by atoms with van der Waals surface area (Å²) in [7, 11) is 1.73. The van der Waals surface area contributed by atoms with Crippen LogP contribution in [0.2, 0.25) is 0 Å². The van der Waals surface area contributed by atoms with Gasteiger partial charge in [-0.25, -0.2) is 8.78 Å². The largest absolute Gasteiger partial charge is 0.489 e. The molecule has 2 nitrogen and oxygen atoms in total. The van der Waals surface area contributed by atoms with E-state index in [1.165, 1.54) is 0 Å². The molecule has 1 atom stereocenters. The molecule has 0 bridgehead atoms. The molecule has 0 amide bonds. The van der Waals surface area contributed by atoms with Crippen molar-refractivity contribution in [2.24, 2.45) is 11.8 Å². The molecular weight excluding hydrogens is 224 g/mol. The SMILES string of the molecule is CCC(C)C1=C(C(C)C)OCC(F)(F)CN1C. The molecule has 1 unspecified atom stereocenters. The maximum Gasteiger partial charge on any atom is 0.298 e. The van der Waals surface area contributed by atoms with Crippen molar-refractivity contribution in [3.8, 4) is 0 Å². The first-order valence-electron chi connectivity index (χ1n) is 6.24. The minimum Gasteiger partial charge on any atom is -0.489 e. The second-order valence-corrected chi connectivity index (χ2v) is 5.21. The van der Waals surface area contributed by atoms with Crippen molar-refractivity contribution in [3.63, 3.8) is 0 Å². The van der Waals surface area contributed by atoms with Crippen LogP contribution in [-0.4, -0.2) is 31.0 Å². The smallest absolute Gasteiger partial charge is 0.298 e. The Hall–Kier alpha value is -0.800. The van der Waals surface area contributed by atoms with Crippen molar-refractivity contribution >= 4 is 0 Å². The van der Waals surface area contributed by atoms with Crippen molar-refractivity contribution in [1.29, 1.82) is 0 Å². The van der Waals surface area contributed by atoms with Crippen LogP contribution < -0.4 is 0 Å². The Morgan fingerprint density at radius 1 is 1.35 bits per heavy atom. The van der Waals surface area contributed by atoms with Crippen LogP contribution >= 0.6 is 0 Å². The molecule has 1 aliphatic heterocycles. The Kier molecular flexibility index (Phi) is 4.39. The van der Waals surface area contributed by atoms with Crippen LogP contribution in [0.25, 0.3) is 0 Å². The predicted molar refractivity (Wildman–Crippen MR) is 64.8 cm³/mol. The van der Waals surface area contributed by atoms with Gasteiger partial charge in [-0.3, -0.25) is 0 Å². The molecule has 1 rings (SSSR count). The highest BCUT2D eigenvalue weighted by atomic mass is 19.3. The molecule has 0 spiro atoms. The molecule has 0 saturated carbocycles. The van der Waals surface area contributed by atoms with E-state index < -0.39 is 12.5 Å². The van der Waals surface area contributed by atoms with E-state index in [9.17, 15) is 8.78 Å². The lowest BCUT2D eigenvalue weighted by Crippen LogP contribution is -2.36. The van der Waals surface area contributed by atoms with Gasteiger partial charge in [0.15, 0.2) is 6.61 Å². The molecular formula is C13H23F2NO. The van der Waals surface area contributed by atoms with Crippen LogP contribution in [0.1, 0.15) is 34.1 Å². The highest BCUT2D eigenvalue weighted by Gasteiger charge is 2.38. The number of allylic oxidation sites excluding steroid dienone is 2. The summed E-state index contributed by atoms with van der Waals surface area (Å²) in [6.07, 6.45) is 0.921. The molecule has 0 radical (unpaired) electrons. The first-order chi connectivity index (χ1) is 7.78. The van der Waals surface area contributed by atoms with Crippen LogP contribution in [-0.2, 0) is 4.74 Å². The number of rotatable bonds is 3. The monoisotopic (exact) mass is 247 g/mol. The second kappa shape index (κ2) is 5.23. The lowest BCUT2D eigenvalue weighted by atomic mass is 9.98. The standard InChI is InChI=1S/C13H23F2NO/c1-6-10(4)11-12(9(2)3)17-8-13(14,15)7-16(11)5/h9-10H,6-8H2,1-5H3. The lowest BCUT2D eigenvalue weighted by Gasteiger charge is -2.28. The topological polar surface area (TPSA) is 12.5 Å². The zero-order valence-corrected chi connectivity index (χ0v) is 11.4. The summed E-state index contributed by atoms with van der Waals surface area (Å²) in [4.78, 5) is 1.66. The van der Waals surface area contributed by atoms with E-state index in [0.29, 0.717) is 0 Å². The van der Waals surface area contributed by atoms with Gasteiger partial charge in [-0.15, -0.1) is 0 Å². The number of alkyl halides is 2. The van der Waals surface area contributed by atoms with Crippen LogP contribution in [0, 0.1) is 11.8 Å². The summed E-state index contributed by atoms with van der Waals surface area (Å²) in [6.45, 7) is 7.31. The average molecular weight is 247 g/mol. The highest BCUT2D eigenvalue weighted by Crippen LogP contribution is 2.33. The van der Waals surface area contributed by atoms with Crippen molar-refractivity contribution in [2.45, 2.75) is 40.0 Å². The van der Waals surface area contributed by atoms with Gasteiger partial charge in [0, 0.05) is 13.0 Å². The number of ether oxygens (including phenoxy) is 1. The molecule has 1 aliphatic rings. The second-order valence-electron chi connectivity index (χ2n) is 5.21. The third kappa shape index (κ3) is 3.33. The third-order valence-corrected chi connectivity index (χ3v) is 3.17. The number of hydrogen-bond donors (Lipinski definition) is 0. The first kappa shape index (κ1) is 14.3. The van der Waals surface area contributed by atoms with Crippen molar-refractivity contribution < 1.29 is 13.5 Å². The van der Waals surface area contributed by atoms with E-state index in [-0.39, 0.29) is 18.4 Å². The van der Waals surface area contributed by atoms with Gasteiger partial charge in [-0.2, -0.15) is 0 Å². The van der Waals surface area contributed by atoms with Gasteiger partial charge in [0.1, 0.15) is 5.76 Å². The highest BCUT2D eigenvalue weighted by molar-refractivity contribution is 5.14. The number of nitrogens with zero attached hydrogens (tertiary/aromatic N) is 1. The zero-order valence-electron chi connectivity index (χ0n) is 11.4. The predicted octanol–water partition coefficient (Wildman–Crippen LogP) is 3.50. The van der Waals surface area contributed by atoms with Gasteiger partial charge in [-0.1, -0.05) is 27.7 Å². The quantitative estimate of drug-likeness (QED) is 0.757. The Bertz CT molecular complexity index is 300. The maximum absolute atomic E-state index is 13.5. The van der Waals surface area contributed by atoms with Crippen molar-refractivity contribution in [3.05, 3.63) is 11.5 Å². The summed E-state index contributed by atoms with van der Waals surface area (Å²) < 4.78 is 32.4. The zero-order chi connectivity index (χ0) is 13.2. The van der Waals surface area contributed by atoms with Gasteiger partial charge in [-0.05, 0) is 12.3 Å². The van der Waals surface area contributed by atoms with E-state index >= 15 is 0 Å². The fourth-order valence-corrected chi connectivity index (χ4v) is 2.20. The fraction of sp³-hybridized carbons (Fsp3) is 0.846. The van der Waals surface area contributed by atoms with Gasteiger partial charge in [0.25, 0.3) is 5.92 Å². The Labute approximate surface area is 103 Å².